The lowest BCUT2D eigenvalue weighted by molar-refractivity contribution is 0.128. The van der Waals surface area contributed by atoms with Crippen molar-refractivity contribution in [2.24, 2.45) is 11.3 Å². The molecule has 0 bridgehead atoms. The smallest absolute Gasteiger partial charge is 0.315 e. The summed E-state index contributed by atoms with van der Waals surface area (Å²) in [4.78, 5) is 14.5. The van der Waals surface area contributed by atoms with Gasteiger partial charge in [0.05, 0.1) is 6.10 Å². The molecule has 0 aromatic heterocycles. The van der Waals surface area contributed by atoms with Crippen molar-refractivity contribution in [1.82, 2.24) is 15.5 Å². The highest BCUT2D eigenvalue weighted by atomic mass is 16.3. The molecule has 0 radical (unpaired) electrons. The van der Waals surface area contributed by atoms with E-state index in [-0.39, 0.29) is 23.6 Å². The summed E-state index contributed by atoms with van der Waals surface area (Å²) in [5, 5.41) is 15.5. The van der Waals surface area contributed by atoms with E-state index in [1.807, 2.05) is 0 Å². The number of aliphatic hydroxyl groups excluding tert-OH is 1. The van der Waals surface area contributed by atoms with Crippen LogP contribution in [0.15, 0.2) is 0 Å². The predicted octanol–water partition coefficient (Wildman–Crippen LogP) is 2.20. The molecular weight excluding hydrogens is 278 g/mol. The number of hydrogen-bond donors (Lipinski definition) is 3. The molecule has 0 aliphatic carbocycles. The molecule has 1 saturated heterocycles. The molecule has 1 heterocycles. The maximum absolute atomic E-state index is 12.0. The van der Waals surface area contributed by atoms with Crippen molar-refractivity contribution < 1.29 is 9.90 Å². The fourth-order valence-electron chi connectivity index (χ4n) is 3.20. The summed E-state index contributed by atoms with van der Waals surface area (Å²) in [6, 6.07) is 0.198. The fraction of sp³-hybridized carbons (Fsp3) is 0.941. The summed E-state index contributed by atoms with van der Waals surface area (Å²) in [7, 11) is 0. The summed E-state index contributed by atoms with van der Waals surface area (Å²) >= 11 is 0. The number of nitrogens with one attached hydrogen (secondary N) is 2. The Kier molecular flexibility index (Phi) is 7.63. The molecule has 1 atom stereocenters. The number of aliphatic hydroxyl groups is 1. The van der Waals surface area contributed by atoms with Crippen LogP contribution in [0.25, 0.3) is 0 Å². The van der Waals surface area contributed by atoms with Crippen LogP contribution in [0.5, 0.6) is 0 Å². The summed E-state index contributed by atoms with van der Waals surface area (Å²) < 4.78 is 0. The average molecular weight is 313 g/mol. The van der Waals surface area contributed by atoms with Gasteiger partial charge in [-0.05, 0) is 37.5 Å². The first-order valence-electron chi connectivity index (χ1n) is 8.63. The van der Waals surface area contributed by atoms with Crippen LogP contribution in [0.4, 0.5) is 4.79 Å². The third-order valence-corrected chi connectivity index (χ3v) is 4.12. The fourth-order valence-corrected chi connectivity index (χ4v) is 3.20. The molecule has 1 fully saturated rings. The Morgan fingerprint density at radius 3 is 2.36 bits per heavy atom. The van der Waals surface area contributed by atoms with Crippen molar-refractivity contribution in [3.05, 3.63) is 0 Å². The Hall–Kier alpha value is -0.810. The van der Waals surface area contributed by atoms with Gasteiger partial charge in [-0.15, -0.1) is 0 Å². The van der Waals surface area contributed by atoms with E-state index in [2.05, 4.69) is 43.2 Å². The van der Waals surface area contributed by atoms with E-state index in [4.69, 9.17) is 0 Å². The van der Waals surface area contributed by atoms with E-state index in [1.165, 1.54) is 0 Å². The first-order chi connectivity index (χ1) is 10.2. The molecule has 0 aromatic carbocycles. The van der Waals surface area contributed by atoms with Crippen LogP contribution < -0.4 is 10.6 Å². The number of rotatable bonds is 7. The standard InChI is InChI=1S/C17H35N3O2/c1-13(2)11-20-8-6-15(7-9-20)19-16(22)18-12-17(4,5)10-14(3)21/h13-15,21H,6-12H2,1-5H3,(H2,18,19,22). The van der Waals surface area contributed by atoms with E-state index in [0.29, 0.717) is 18.9 Å². The molecule has 130 valence electrons. The van der Waals surface area contributed by atoms with Gasteiger partial charge in [-0.25, -0.2) is 4.79 Å². The molecule has 2 amide bonds. The van der Waals surface area contributed by atoms with Gasteiger partial charge in [0.25, 0.3) is 0 Å². The lowest BCUT2D eigenvalue weighted by Gasteiger charge is -2.33. The Morgan fingerprint density at radius 2 is 1.86 bits per heavy atom. The highest BCUT2D eigenvalue weighted by Gasteiger charge is 2.23. The van der Waals surface area contributed by atoms with Gasteiger partial charge in [-0.3, -0.25) is 0 Å². The minimum Gasteiger partial charge on any atom is -0.393 e. The van der Waals surface area contributed by atoms with Crippen LogP contribution in [0, 0.1) is 11.3 Å². The van der Waals surface area contributed by atoms with Gasteiger partial charge in [0, 0.05) is 32.2 Å². The third-order valence-electron chi connectivity index (χ3n) is 4.12. The zero-order valence-electron chi connectivity index (χ0n) is 15.0. The summed E-state index contributed by atoms with van der Waals surface area (Å²) in [6.45, 7) is 14.2. The van der Waals surface area contributed by atoms with Crippen LogP contribution in [0.2, 0.25) is 0 Å². The van der Waals surface area contributed by atoms with Crippen LogP contribution in [0.3, 0.4) is 0 Å². The lowest BCUT2D eigenvalue weighted by Crippen LogP contribution is -2.49. The molecule has 0 aromatic rings. The molecule has 1 rings (SSSR count). The summed E-state index contributed by atoms with van der Waals surface area (Å²) in [6.07, 6.45) is 2.39. The Morgan fingerprint density at radius 1 is 1.27 bits per heavy atom. The minimum atomic E-state index is -0.342. The van der Waals surface area contributed by atoms with Crippen molar-refractivity contribution in [3.63, 3.8) is 0 Å². The van der Waals surface area contributed by atoms with Crippen molar-refractivity contribution in [2.75, 3.05) is 26.2 Å². The van der Waals surface area contributed by atoms with Crippen molar-refractivity contribution in [3.8, 4) is 0 Å². The van der Waals surface area contributed by atoms with Gasteiger partial charge in [0.1, 0.15) is 0 Å². The number of urea groups is 1. The zero-order chi connectivity index (χ0) is 16.8. The van der Waals surface area contributed by atoms with Gasteiger partial charge in [0.15, 0.2) is 0 Å². The predicted molar refractivity (Wildman–Crippen MR) is 90.9 cm³/mol. The SMILES string of the molecule is CC(C)CN1CCC(NC(=O)NCC(C)(C)CC(C)O)CC1. The van der Waals surface area contributed by atoms with Crippen molar-refractivity contribution >= 4 is 6.03 Å². The Labute approximate surface area is 135 Å². The average Bonchev–Trinajstić information content (AvgIpc) is 2.37. The van der Waals surface area contributed by atoms with Crippen molar-refractivity contribution in [2.45, 2.75) is 66.0 Å². The Balaban J connectivity index is 2.24. The van der Waals surface area contributed by atoms with Gasteiger partial charge in [-0.2, -0.15) is 0 Å². The molecule has 1 aliphatic heterocycles. The molecule has 0 saturated carbocycles. The number of likely N-dealkylation sites (tertiary alicyclic amines) is 1. The highest BCUT2D eigenvalue weighted by molar-refractivity contribution is 5.74. The first-order valence-corrected chi connectivity index (χ1v) is 8.63. The number of nitrogens with zero attached hydrogens (tertiary/aromatic N) is 1. The molecular formula is C17H35N3O2. The lowest BCUT2D eigenvalue weighted by atomic mass is 9.87. The maximum Gasteiger partial charge on any atom is 0.315 e. The summed E-state index contributed by atoms with van der Waals surface area (Å²) in [5.41, 5.74) is -0.0911. The second-order valence-electron chi connectivity index (χ2n) is 8.01. The second-order valence-corrected chi connectivity index (χ2v) is 8.01. The van der Waals surface area contributed by atoms with Gasteiger partial charge >= 0.3 is 6.03 Å². The van der Waals surface area contributed by atoms with Gasteiger partial charge in [0.2, 0.25) is 0 Å². The largest absolute Gasteiger partial charge is 0.393 e. The number of hydrogen-bond acceptors (Lipinski definition) is 3. The number of carbonyl (C=O) groups excluding carboxylic acids is 1. The second kappa shape index (κ2) is 8.73. The van der Waals surface area contributed by atoms with E-state index in [0.717, 1.165) is 32.5 Å². The van der Waals surface area contributed by atoms with Crippen LogP contribution in [0.1, 0.15) is 53.9 Å². The summed E-state index contributed by atoms with van der Waals surface area (Å²) in [5.74, 6) is 0.698. The third kappa shape index (κ3) is 7.99. The quantitative estimate of drug-likeness (QED) is 0.675. The molecule has 1 aliphatic rings. The monoisotopic (exact) mass is 313 g/mol. The van der Waals surface area contributed by atoms with E-state index < -0.39 is 0 Å². The molecule has 22 heavy (non-hydrogen) atoms. The zero-order valence-corrected chi connectivity index (χ0v) is 15.0. The van der Waals surface area contributed by atoms with Crippen LogP contribution in [-0.4, -0.2) is 54.4 Å². The number of piperidine rings is 1. The minimum absolute atomic E-state index is 0.0824. The van der Waals surface area contributed by atoms with Crippen LogP contribution >= 0.6 is 0 Å². The van der Waals surface area contributed by atoms with E-state index >= 15 is 0 Å². The Bertz CT molecular complexity index is 335. The maximum atomic E-state index is 12.0. The van der Waals surface area contributed by atoms with Gasteiger partial charge in [-0.1, -0.05) is 27.7 Å². The van der Waals surface area contributed by atoms with E-state index in [9.17, 15) is 9.90 Å². The molecule has 3 N–H and O–H groups in total. The van der Waals surface area contributed by atoms with Crippen LogP contribution in [-0.2, 0) is 0 Å². The van der Waals surface area contributed by atoms with Gasteiger partial charge < -0.3 is 20.6 Å². The van der Waals surface area contributed by atoms with E-state index in [1.54, 1.807) is 6.92 Å². The normalized spacial score (nSPS) is 19.2. The van der Waals surface area contributed by atoms with Crippen molar-refractivity contribution in [1.29, 1.82) is 0 Å². The molecule has 1 unspecified atom stereocenters. The number of amides is 2. The topological polar surface area (TPSA) is 64.6 Å². The molecule has 5 heteroatoms. The first kappa shape index (κ1) is 19.2. The highest BCUT2D eigenvalue weighted by Crippen LogP contribution is 2.21. The number of carbonyl (C=O) groups is 1. The molecule has 5 nitrogen and oxygen atoms in total. The molecule has 0 spiro atoms.